The van der Waals surface area contributed by atoms with Crippen molar-refractivity contribution in [1.29, 1.82) is 0 Å². The fourth-order valence-electron chi connectivity index (χ4n) is 1.90. The van der Waals surface area contributed by atoms with Crippen molar-refractivity contribution in [3.8, 4) is 11.3 Å². The first-order chi connectivity index (χ1) is 8.78. The van der Waals surface area contributed by atoms with E-state index in [9.17, 15) is 0 Å². The van der Waals surface area contributed by atoms with Crippen LogP contribution in [-0.2, 0) is 6.54 Å². The molecule has 0 spiro atoms. The van der Waals surface area contributed by atoms with Crippen LogP contribution in [0.25, 0.3) is 22.4 Å². The molecule has 0 aliphatic carbocycles. The topological polar surface area (TPSA) is 52.0 Å². The highest BCUT2D eigenvalue weighted by Crippen LogP contribution is 2.30. The van der Waals surface area contributed by atoms with Crippen molar-refractivity contribution in [3.05, 3.63) is 53.2 Å². The Hall–Kier alpha value is -1.84. The first-order valence-corrected chi connectivity index (χ1v) is 5.99. The lowest BCUT2D eigenvalue weighted by Crippen LogP contribution is -1.95. The van der Waals surface area contributed by atoms with E-state index in [0.29, 0.717) is 17.2 Å². The Labute approximate surface area is 109 Å². The number of pyridine rings is 1. The summed E-state index contributed by atoms with van der Waals surface area (Å²) in [5.41, 5.74) is 9.05. The van der Waals surface area contributed by atoms with Gasteiger partial charge in [-0.2, -0.15) is 0 Å². The van der Waals surface area contributed by atoms with Gasteiger partial charge in [-0.1, -0.05) is 29.8 Å². The summed E-state index contributed by atoms with van der Waals surface area (Å²) in [6, 6.07) is 11.5. The van der Waals surface area contributed by atoms with E-state index < -0.39 is 0 Å². The van der Waals surface area contributed by atoms with Gasteiger partial charge in [0, 0.05) is 24.4 Å². The Morgan fingerprint density at radius 2 is 2.11 bits per heavy atom. The molecule has 2 aromatic heterocycles. The Kier molecular flexibility index (Phi) is 2.78. The average Bonchev–Trinajstić information content (AvgIpc) is 2.84. The van der Waals surface area contributed by atoms with Crippen LogP contribution in [0, 0.1) is 0 Å². The van der Waals surface area contributed by atoms with Crippen molar-refractivity contribution in [2.45, 2.75) is 6.54 Å². The Balaban J connectivity index is 2.16. The number of rotatable bonds is 2. The first-order valence-electron chi connectivity index (χ1n) is 5.61. The molecule has 2 heterocycles. The quantitative estimate of drug-likeness (QED) is 0.764. The summed E-state index contributed by atoms with van der Waals surface area (Å²) in [7, 11) is 0. The van der Waals surface area contributed by atoms with Crippen molar-refractivity contribution < 1.29 is 4.42 Å². The van der Waals surface area contributed by atoms with Crippen LogP contribution in [0.15, 0.2) is 47.0 Å². The van der Waals surface area contributed by atoms with Crippen LogP contribution in [0.3, 0.4) is 0 Å². The normalized spacial score (nSPS) is 11.0. The number of fused-ring (bicyclic) bond motifs is 1. The second kappa shape index (κ2) is 4.44. The number of furan rings is 1. The lowest BCUT2D eigenvalue weighted by Gasteiger charge is -1.99. The summed E-state index contributed by atoms with van der Waals surface area (Å²) in [6.45, 7) is 0.507. The molecule has 0 atom stereocenters. The van der Waals surface area contributed by atoms with Gasteiger partial charge in [0.2, 0.25) is 0 Å². The monoisotopic (exact) mass is 258 g/mol. The molecular formula is C14H11ClN2O. The molecule has 0 fully saturated rings. The highest BCUT2D eigenvalue weighted by molar-refractivity contribution is 6.34. The van der Waals surface area contributed by atoms with E-state index in [-0.39, 0.29) is 0 Å². The van der Waals surface area contributed by atoms with Crippen LogP contribution in [0.2, 0.25) is 5.02 Å². The predicted molar refractivity (Wildman–Crippen MR) is 72.3 cm³/mol. The second-order valence-corrected chi connectivity index (χ2v) is 4.43. The number of nitrogens with two attached hydrogens (primary N) is 1. The van der Waals surface area contributed by atoms with Gasteiger partial charge in [0.05, 0.1) is 5.02 Å². The lowest BCUT2D eigenvalue weighted by molar-refractivity contribution is 0.631. The summed E-state index contributed by atoms with van der Waals surface area (Å²) in [5.74, 6) is 0.751. The zero-order valence-corrected chi connectivity index (χ0v) is 10.3. The molecule has 0 bridgehead atoms. The van der Waals surface area contributed by atoms with Gasteiger partial charge in [-0.3, -0.25) is 4.98 Å². The fourth-order valence-corrected chi connectivity index (χ4v) is 2.09. The lowest BCUT2D eigenvalue weighted by atomic mass is 10.1. The average molecular weight is 259 g/mol. The van der Waals surface area contributed by atoms with Crippen molar-refractivity contribution >= 4 is 22.7 Å². The highest BCUT2D eigenvalue weighted by atomic mass is 35.5. The summed E-state index contributed by atoms with van der Waals surface area (Å²) in [4.78, 5) is 4.23. The van der Waals surface area contributed by atoms with Crippen molar-refractivity contribution in [3.63, 3.8) is 0 Å². The van der Waals surface area contributed by atoms with Gasteiger partial charge in [-0.15, -0.1) is 0 Å². The fraction of sp³-hybridized carbons (Fsp3) is 0.0714. The zero-order chi connectivity index (χ0) is 12.5. The third-order valence-electron chi connectivity index (χ3n) is 2.81. The maximum absolute atomic E-state index is 6.06. The maximum atomic E-state index is 6.06. The van der Waals surface area contributed by atoms with Crippen LogP contribution in [0.5, 0.6) is 0 Å². The summed E-state index contributed by atoms with van der Waals surface area (Å²) >= 11 is 6.06. The number of nitrogens with zero attached hydrogens (tertiary/aromatic N) is 1. The standard InChI is InChI=1S/C14H11ClN2O/c15-11-4-5-17-12-7-13(18-14(11)12)10-3-1-2-9(6-10)8-16/h1-7H,8,16H2. The number of benzene rings is 1. The van der Waals surface area contributed by atoms with Crippen LogP contribution in [0.4, 0.5) is 0 Å². The molecule has 0 aliphatic rings. The van der Waals surface area contributed by atoms with Gasteiger partial charge in [0.25, 0.3) is 0 Å². The highest BCUT2D eigenvalue weighted by Gasteiger charge is 2.09. The van der Waals surface area contributed by atoms with Crippen LogP contribution in [-0.4, -0.2) is 4.98 Å². The van der Waals surface area contributed by atoms with Crippen molar-refractivity contribution in [1.82, 2.24) is 4.98 Å². The van der Waals surface area contributed by atoms with Gasteiger partial charge >= 0.3 is 0 Å². The number of aromatic nitrogens is 1. The SMILES string of the molecule is NCc1cccc(-c2cc3nccc(Cl)c3o2)c1. The first kappa shape index (κ1) is 11.3. The molecule has 0 amide bonds. The molecule has 1 aromatic carbocycles. The van der Waals surface area contributed by atoms with Crippen molar-refractivity contribution in [2.75, 3.05) is 0 Å². The van der Waals surface area contributed by atoms with Crippen LogP contribution in [0.1, 0.15) is 5.56 Å². The summed E-state index contributed by atoms with van der Waals surface area (Å²) in [6.07, 6.45) is 1.67. The largest absolute Gasteiger partial charge is 0.453 e. The van der Waals surface area contributed by atoms with Gasteiger partial charge in [0.15, 0.2) is 5.58 Å². The maximum Gasteiger partial charge on any atom is 0.171 e. The molecule has 2 N–H and O–H groups in total. The number of hydrogen-bond donors (Lipinski definition) is 1. The van der Waals surface area contributed by atoms with E-state index in [1.54, 1.807) is 12.3 Å². The van der Waals surface area contributed by atoms with E-state index >= 15 is 0 Å². The molecule has 18 heavy (non-hydrogen) atoms. The van der Waals surface area contributed by atoms with Crippen molar-refractivity contribution in [2.24, 2.45) is 5.73 Å². The molecule has 0 radical (unpaired) electrons. The Morgan fingerprint density at radius 1 is 1.22 bits per heavy atom. The summed E-state index contributed by atoms with van der Waals surface area (Å²) < 4.78 is 5.75. The van der Waals surface area contributed by atoms with Gasteiger partial charge in [0.1, 0.15) is 11.3 Å². The third kappa shape index (κ3) is 1.88. The van der Waals surface area contributed by atoms with Crippen LogP contribution < -0.4 is 5.73 Å². The van der Waals surface area contributed by atoms with E-state index in [1.165, 1.54) is 0 Å². The van der Waals surface area contributed by atoms with Gasteiger partial charge in [-0.05, 0) is 17.7 Å². The van der Waals surface area contributed by atoms with E-state index in [2.05, 4.69) is 4.98 Å². The minimum Gasteiger partial charge on any atom is -0.453 e. The predicted octanol–water partition coefficient (Wildman–Crippen LogP) is 3.61. The second-order valence-electron chi connectivity index (χ2n) is 4.02. The molecule has 0 saturated heterocycles. The molecule has 0 unspecified atom stereocenters. The van der Waals surface area contributed by atoms with Gasteiger partial charge < -0.3 is 10.2 Å². The zero-order valence-electron chi connectivity index (χ0n) is 9.56. The van der Waals surface area contributed by atoms with E-state index in [1.807, 2.05) is 30.3 Å². The molecule has 0 aliphatic heterocycles. The Morgan fingerprint density at radius 3 is 2.89 bits per heavy atom. The molecule has 3 aromatic rings. The van der Waals surface area contributed by atoms with Crippen LogP contribution >= 0.6 is 11.6 Å². The minimum atomic E-state index is 0.507. The molecule has 4 heteroatoms. The third-order valence-corrected chi connectivity index (χ3v) is 3.11. The smallest absolute Gasteiger partial charge is 0.171 e. The van der Waals surface area contributed by atoms with E-state index in [0.717, 1.165) is 22.4 Å². The molecule has 3 rings (SSSR count). The molecule has 3 nitrogen and oxygen atoms in total. The molecular weight excluding hydrogens is 248 g/mol. The molecule has 0 saturated carbocycles. The van der Waals surface area contributed by atoms with E-state index in [4.69, 9.17) is 21.8 Å². The summed E-state index contributed by atoms with van der Waals surface area (Å²) in [5, 5.41) is 0.571. The number of hydrogen-bond acceptors (Lipinski definition) is 3. The Bertz CT molecular complexity index is 706. The molecule has 90 valence electrons. The minimum absolute atomic E-state index is 0.507. The van der Waals surface area contributed by atoms with Gasteiger partial charge in [-0.25, -0.2) is 0 Å². The number of halogens is 1.